The minimum Gasteiger partial charge on any atom is -0.466 e. The Kier molecular flexibility index (Phi) is 5.97. The molecule has 1 atom stereocenters. The number of hydrogen-bond donors (Lipinski definition) is 1. The fraction of sp³-hybridized carbons (Fsp3) is 0.750. The predicted molar refractivity (Wildman–Crippen MR) is 53.2 cm³/mol. The van der Waals surface area contributed by atoms with Crippen molar-refractivity contribution in [2.75, 3.05) is 13.2 Å². The number of carbonyl (C=O) groups excluding carboxylic acids is 2. The van der Waals surface area contributed by atoms with Gasteiger partial charge in [-0.3, -0.25) is 14.1 Å². The molecule has 0 aliphatic carbocycles. The summed E-state index contributed by atoms with van der Waals surface area (Å²) >= 11 is 0. The molecule has 0 aromatic heterocycles. The van der Waals surface area contributed by atoms with Crippen molar-refractivity contribution in [2.45, 2.75) is 25.5 Å². The summed E-state index contributed by atoms with van der Waals surface area (Å²) in [5, 5.41) is -1.92. The van der Waals surface area contributed by atoms with Crippen LogP contribution in [-0.2, 0) is 29.2 Å². The molecule has 0 radical (unpaired) electrons. The van der Waals surface area contributed by atoms with Gasteiger partial charge in [-0.2, -0.15) is 8.42 Å². The Labute approximate surface area is 93.5 Å². The van der Waals surface area contributed by atoms with Crippen LogP contribution in [0, 0.1) is 0 Å². The van der Waals surface area contributed by atoms with Gasteiger partial charge in [0, 0.05) is 0 Å². The van der Waals surface area contributed by atoms with E-state index in [1.807, 2.05) is 0 Å². The van der Waals surface area contributed by atoms with Crippen LogP contribution in [-0.4, -0.2) is 43.4 Å². The van der Waals surface area contributed by atoms with Gasteiger partial charge in [0.15, 0.2) is 5.25 Å². The third kappa shape index (κ3) is 5.08. The van der Waals surface area contributed by atoms with Gasteiger partial charge in [0.1, 0.15) is 0 Å². The van der Waals surface area contributed by atoms with Gasteiger partial charge < -0.3 is 9.47 Å². The maximum Gasteiger partial charge on any atom is 0.327 e. The van der Waals surface area contributed by atoms with Crippen molar-refractivity contribution < 1.29 is 32.0 Å². The van der Waals surface area contributed by atoms with Crippen molar-refractivity contribution in [3.05, 3.63) is 0 Å². The second-order valence-electron chi connectivity index (χ2n) is 2.76. The molecule has 0 aromatic rings. The maximum absolute atomic E-state index is 11.2. The molecule has 0 saturated heterocycles. The zero-order valence-electron chi connectivity index (χ0n) is 9.00. The van der Waals surface area contributed by atoms with Crippen molar-refractivity contribution in [3.63, 3.8) is 0 Å². The molecule has 0 spiro atoms. The molecule has 1 N–H and O–H groups in total. The fourth-order valence-electron chi connectivity index (χ4n) is 0.917. The highest BCUT2D eigenvalue weighted by molar-refractivity contribution is 7.87. The minimum atomic E-state index is -4.68. The summed E-state index contributed by atoms with van der Waals surface area (Å²) in [6.45, 7) is 3.02. The Morgan fingerprint density at radius 1 is 1.19 bits per heavy atom. The lowest BCUT2D eigenvalue weighted by atomic mass is 10.3. The molecular formula is C8H14O7S. The molecule has 94 valence electrons. The second kappa shape index (κ2) is 6.44. The molecule has 7 nitrogen and oxygen atoms in total. The van der Waals surface area contributed by atoms with Gasteiger partial charge in [-0.25, -0.2) is 0 Å². The number of ether oxygens (including phenoxy) is 2. The number of rotatable bonds is 6. The predicted octanol–water partition coefficient (Wildman–Crippen LogP) is -0.241. The lowest BCUT2D eigenvalue weighted by Crippen LogP contribution is -2.34. The van der Waals surface area contributed by atoms with E-state index in [1.165, 1.54) is 13.8 Å². The summed E-state index contributed by atoms with van der Waals surface area (Å²) in [6.07, 6.45) is -0.758. The second-order valence-corrected chi connectivity index (χ2v) is 4.36. The molecule has 0 amide bonds. The van der Waals surface area contributed by atoms with E-state index in [0.29, 0.717) is 0 Å². The molecule has 0 aliphatic rings. The van der Waals surface area contributed by atoms with Crippen LogP contribution in [0.3, 0.4) is 0 Å². The van der Waals surface area contributed by atoms with E-state index < -0.39 is 33.7 Å². The van der Waals surface area contributed by atoms with Crippen LogP contribution in [0.4, 0.5) is 0 Å². The quantitative estimate of drug-likeness (QED) is 0.514. The first-order valence-corrected chi connectivity index (χ1v) is 6.11. The van der Waals surface area contributed by atoms with Crippen molar-refractivity contribution in [1.82, 2.24) is 0 Å². The van der Waals surface area contributed by atoms with Gasteiger partial charge in [-0.05, 0) is 13.8 Å². The normalized spacial score (nSPS) is 12.9. The Morgan fingerprint density at radius 2 is 1.69 bits per heavy atom. The van der Waals surface area contributed by atoms with Crippen molar-refractivity contribution in [1.29, 1.82) is 0 Å². The van der Waals surface area contributed by atoms with E-state index in [2.05, 4.69) is 9.47 Å². The first-order chi connectivity index (χ1) is 7.32. The molecule has 0 bridgehead atoms. The van der Waals surface area contributed by atoms with Crippen LogP contribution in [0.25, 0.3) is 0 Å². The van der Waals surface area contributed by atoms with E-state index in [4.69, 9.17) is 4.55 Å². The van der Waals surface area contributed by atoms with Gasteiger partial charge in [0.25, 0.3) is 10.1 Å². The Bertz CT molecular complexity index is 345. The van der Waals surface area contributed by atoms with Crippen LogP contribution in [0.1, 0.15) is 20.3 Å². The molecule has 0 heterocycles. The molecule has 0 aromatic carbocycles. The molecule has 0 aliphatic heterocycles. The van der Waals surface area contributed by atoms with Crippen molar-refractivity contribution in [2.24, 2.45) is 0 Å². The number of carbonyl (C=O) groups is 2. The SMILES string of the molecule is CCOC(=O)CC(C(=O)OCC)S(=O)(=O)O. The first kappa shape index (κ1) is 14.8. The van der Waals surface area contributed by atoms with Gasteiger partial charge >= 0.3 is 11.9 Å². The summed E-state index contributed by atoms with van der Waals surface area (Å²) in [5.74, 6) is -2.06. The number of esters is 2. The zero-order chi connectivity index (χ0) is 12.8. The van der Waals surface area contributed by atoms with Crippen molar-refractivity contribution >= 4 is 22.1 Å². The lowest BCUT2D eigenvalue weighted by Gasteiger charge is -2.11. The first-order valence-electron chi connectivity index (χ1n) is 4.61. The molecule has 1 unspecified atom stereocenters. The van der Waals surface area contributed by atoms with Crippen LogP contribution in [0.5, 0.6) is 0 Å². The highest BCUT2D eigenvalue weighted by Crippen LogP contribution is 2.08. The fourth-order valence-corrected chi connectivity index (χ4v) is 1.57. The van der Waals surface area contributed by atoms with Gasteiger partial charge in [0.05, 0.1) is 19.6 Å². The van der Waals surface area contributed by atoms with Crippen LogP contribution in [0.2, 0.25) is 0 Å². The van der Waals surface area contributed by atoms with Gasteiger partial charge in [-0.1, -0.05) is 0 Å². The van der Waals surface area contributed by atoms with Gasteiger partial charge in [0.2, 0.25) is 0 Å². The summed E-state index contributed by atoms with van der Waals surface area (Å²) < 4.78 is 39.3. The Balaban J connectivity index is 4.71. The summed E-state index contributed by atoms with van der Waals surface area (Å²) in [6, 6.07) is 0. The molecule has 0 fully saturated rings. The highest BCUT2D eigenvalue weighted by atomic mass is 32.2. The summed E-state index contributed by atoms with van der Waals surface area (Å²) in [7, 11) is -4.68. The van der Waals surface area contributed by atoms with E-state index in [1.54, 1.807) is 0 Å². The topological polar surface area (TPSA) is 107 Å². The van der Waals surface area contributed by atoms with E-state index in [0.717, 1.165) is 0 Å². The molecule has 16 heavy (non-hydrogen) atoms. The van der Waals surface area contributed by atoms with Crippen molar-refractivity contribution in [3.8, 4) is 0 Å². The smallest absolute Gasteiger partial charge is 0.327 e. The third-order valence-corrected chi connectivity index (χ3v) is 2.64. The molecule has 0 saturated carbocycles. The molecule has 8 heteroatoms. The highest BCUT2D eigenvalue weighted by Gasteiger charge is 2.35. The van der Waals surface area contributed by atoms with Crippen LogP contribution >= 0.6 is 0 Å². The maximum atomic E-state index is 11.2. The summed E-state index contributed by atoms with van der Waals surface area (Å²) in [4.78, 5) is 22.2. The largest absolute Gasteiger partial charge is 0.466 e. The van der Waals surface area contributed by atoms with Crippen LogP contribution in [0.15, 0.2) is 0 Å². The lowest BCUT2D eigenvalue weighted by molar-refractivity contribution is -0.149. The number of hydrogen-bond acceptors (Lipinski definition) is 6. The summed E-state index contributed by atoms with van der Waals surface area (Å²) in [5.41, 5.74) is 0. The Morgan fingerprint density at radius 3 is 2.06 bits per heavy atom. The average Bonchev–Trinajstić information content (AvgIpc) is 2.13. The minimum absolute atomic E-state index is 0.0479. The average molecular weight is 254 g/mol. The van der Waals surface area contributed by atoms with Gasteiger partial charge in [-0.15, -0.1) is 0 Å². The van der Waals surface area contributed by atoms with E-state index >= 15 is 0 Å². The molecular weight excluding hydrogens is 240 g/mol. The zero-order valence-corrected chi connectivity index (χ0v) is 9.82. The third-order valence-electron chi connectivity index (χ3n) is 1.57. The van der Waals surface area contributed by atoms with Crippen LogP contribution < -0.4 is 0 Å². The monoisotopic (exact) mass is 254 g/mol. The standard InChI is InChI=1S/C8H14O7S/c1-3-14-7(9)5-6(16(11,12)13)8(10)15-4-2/h6H,3-5H2,1-2H3,(H,11,12,13). The molecule has 0 rings (SSSR count). The van der Waals surface area contributed by atoms with E-state index in [-0.39, 0.29) is 13.2 Å². The Hall–Kier alpha value is -1.15. The van der Waals surface area contributed by atoms with E-state index in [9.17, 15) is 18.0 Å².